The number of nitrogens with zero attached hydrogens (tertiary/aromatic N) is 26. The molecule has 1 saturated carbocycles. The number of anilines is 8. The Bertz CT molecular complexity index is 6440. The third kappa shape index (κ3) is 27.5. The lowest BCUT2D eigenvalue weighted by Gasteiger charge is -2.17. The highest BCUT2D eigenvalue weighted by Crippen LogP contribution is 2.31. The van der Waals surface area contributed by atoms with E-state index in [9.17, 15) is 33.9 Å². The topological polar surface area (TPSA) is 430 Å². The molecule has 5 aliphatic heterocycles. The molecule has 18 rings (SSSR count). The number of fused-ring (bicyclic) bond motifs is 3. The predicted molar refractivity (Wildman–Crippen MR) is 530 cm³/mol. The lowest BCUT2D eigenvalue weighted by atomic mass is 10.2. The molecule has 0 bridgehead atoms. The number of aromatic carboxylic acids is 1. The van der Waals surface area contributed by atoms with Gasteiger partial charge in [-0.15, -0.1) is 0 Å². The van der Waals surface area contributed by atoms with E-state index in [1.54, 1.807) is 60.7 Å². The Morgan fingerprint density at radius 1 is 0.336 bits per heavy atom. The number of carboxylic acids is 1. The van der Waals surface area contributed by atoms with Crippen LogP contribution in [0.15, 0.2) is 115 Å². The number of methoxy groups -OCH3 is 4. The fraction of sp³-hybridized carbons (Fsp3) is 0.354. The summed E-state index contributed by atoms with van der Waals surface area (Å²) < 4.78 is 18.6. The van der Waals surface area contributed by atoms with E-state index >= 15 is 0 Å². The first kappa shape index (κ1) is 99.7. The molecule has 0 atom stereocenters. The summed E-state index contributed by atoms with van der Waals surface area (Å²) in [5, 5.41) is 15.5. The summed E-state index contributed by atoms with van der Waals surface area (Å²) in [7, 11) is 17.0. The van der Waals surface area contributed by atoms with Crippen molar-refractivity contribution in [3.63, 3.8) is 0 Å². The molecule has 6 aliphatic rings. The lowest BCUT2D eigenvalue weighted by Crippen LogP contribution is -2.28. The zero-order chi connectivity index (χ0) is 97.2. The van der Waals surface area contributed by atoms with Gasteiger partial charge in [0.2, 0.25) is 10.6 Å². The molecular weight excluding hydrogens is 1810 g/mol. The number of ether oxygens (including phenoxy) is 4. The fourth-order valence-corrected chi connectivity index (χ4v) is 15.7. The molecule has 12 aromatic rings. The van der Waals surface area contributed by atoms with Crippen LogP contribution in [0, 0.1) is 0 Å². The molecule has 1 amide bonds. The Morgan fingerprint density at radius 3 is 0.898 bits per heavy atom. The number of esters is 4. The Morgan fingerprint density at radius 2 is 0.599 bits per heavy atom. The third-order valence-corrected chi connectivity index (χ3v) is 22.4. The number of nitrogens with one attached hydrogen (secondary N) is 1. The van der Waals surface area contributed by atoms with E-state index in [-0.39, 0.29) is 50.4 Å². The van der Waals surface area contributed by atoms with Crippen molar-refractivity contribution < 1.29 is 52.8 Å². The van der Waals surface area contributed by atoms with Crippen LogP contribution < -0.4 is 44.5 Å². The first-order valence-electron chi connectivity index (χ1n) is 44.6. The normalized spacial score (nSPS) is 14.4. The molecule has 9 aromatic heterocycles. The van der Waals surface area contributed by atoms with Gasteiger partial charge in [-0.25, -0.2) is 114 Å². The van der Waals surface area contributed by atoms with Gasteiger partial charge in [0.15, 0.2) is 69.2 Å². The third-order valence-electron chi connectivity index (χ3n) is 21.9. The van der Waals surface area contributed by atoms with Crippen molar-refractivity contribution in [1.82, 2.24) is 95.0 Å². The van der Waals surface area contributed by atoms with E-state index in [0.717, 1.165) is 210 Å². The summed E-state index contributed by atoms with van der Waals surface area (Å²) in [4.78, 5) is 165. The molecular formula is C96H106Cl3N27O11. The molecule has 41 heteroatoms. The Balaban J connectivity index is 0.000000143. The van der Waals surface area contributed by atoms with E-state index in [4.69, 9.17) is 54.2 Å². The fourth-order valence-electron chi connectivity index (χ4n) is 15.1. The Labute approximate surface area is 806 Å². The van der Waals surface area contributed by atoms with Gasteiger partial charge in [0.05, 0.1) is 45.0 Å². The minimum Gasteiger partial charge on any atom is -0.477 e. The standard InChI is InChI=1S/C24H27N7O.C22H24N6O2.C21H22N6O2.C13H17N3O2.C10H12ClN3O2.C6H4Cl2N2O2/c1-30(2)23-17-7-3-4-8-18(17)26-21(29-23)12-11-20-27-19(24(32)25-16-9-10-16)15-22(28-20)31-13-5-6-14-31;1-27(2)21-15-8-4-5-9-16(15)23-19(26-21)11-10-18-24-17(22(29)30-3)14-20(25-18)28-12-6-7-13-28;1-26(2)20-14-7-3-4-8-15(14)22-18(25-20)10-9-17-23-16(21(28)29)13-19(24-17)27-11-5-6-12-27;1-3-6-11-14-10(13(17)18-2)9-12(15-11)16-7-4-5-8-16;1-16-9(15)7-6-8(13-10(11)12-7)14-4-2-3-5-14;1-12-5(11)3-2-4(7)10-6(8)9-3/h3-4,7-8,11-12,15-16H,5-6,9-10,13-14H2,1-2H3,(H,25,32);4-5,8-11,14H,6-7,12-13H2,1-3H3;3-4,7-10,13H,5-6,11-12H2,1-2H3,(H,28,29);3,6,9H,4-5,7-8H2,1-2H3;6H,2-5H2,1H3;2H,1H3/b12-11+;11-10+;10-9+;6-3+;;. The number of halogens is 3. The second kappa shape index (κ2) is 47.9. The van der Waals surface area contributed by atoms with Crippen LogP contribution in [0.2, 0.25) is 15.7 Å². The van der Waals surface area contributed by atoms with Crippen LogP contribution in [-0.2, 0) is 18.9 Å². The number of allylic oxidation sites excluding steroid dienone is 1. The maximum atomic E-state index is 12.7. The van der Waals surface area contributed by atoms with Crippen molar-refractivity contribution in [2.75, 3.05) is 175 Å². The largest absolute Gasteiger partial charge is 0.477 e. The van der Waals surface area contributed by atoms with Gasteiger partial charge in [0.1, 0.15) is 57.4 Å². The first-order chi connectivity index (χ1) is 66.2. The highest BCUT2D eigenvalue weighted by Gasteiger charge is 2.28. The molecule has 5 saturated heterocycles. The molecule has 14 heterocycles. The smallest absolute Gasteiger partial charge is 0.356 e. The van der Waals surface area contributed by atoms with E-state index in [0.29, 0.717) is 63.8 Å². The van der Waals surface area contributed by atoms with Crippen molar-refractivity contribution >= 4 is 192 Å². The van der Waals surface area contributed by atoms with Gasteiger partial charge in [0, 0.05) is 166 Å². The van der Waals surface area contributed by atoms with Crippen LogP contribution >= 0.6 is 34.8 Å². The zero-order valence-corrected chi connectivity index (χ0v) is 80.2. The quantitative estimate of drug-likeness (QED) is 0.0275. The zero-order valence-electron chi connectivity index (χ0n) is 77.9. The van der Waals surface area contributed by atoms with Gasteiger partial charge in [-0.1, -0.05) is 54.1 Å². The monoisotopic (exact) mass is 1920 g/mol. The summed E-state index contributed by atoms with van der Waals surface area (Å²) in [6.45, 7) is 11.2. The van der Waals surface area contributed by atoms with Gasteiger partial charge in [-0.2, -0.15) is 0 Å². The highest BCUT2D eigenvalue weighted by atomic mass is 35.5. The average molecular weight is 1920 g/mol. The van der Waals surface area contributed by atoms with Crippen LogP contribution in [0.1, 0.15) is 188 Å². The highest BCUT2D eigenvalue weighted by molar-refractivity contribution is 6.32. The minimum atomic E-state index is -1.07. The first-order valence-corrected chi connectivity index (χ1v) is 45.8. The molecule has 6 fully saturated rings. The minimum absolute atomic E-state index is 0.0186. The number of hydrogen-bond donors (Lipinski definition) is 2. The van der Waals surface area contributed by atoms with Crippen LogP contribution in [0.5, 0.6) is 0 Å². The molecule has 3 aromatic carbocycles. The molecule has 2 N–H and O–H groups in total. The van der Waals surface area contributed by atoms with Gasteiger partial charge in [0.25, 0.3) is 5.91 Å². The van der Waals surface area contributed by atoms with Gasteiger partial charge >= 0.3 is 29.8 Å². The van der Waals surface area contributed by atoms with Crippen LogP contribution in [0.25, 0.3) is 75.2 Å². The second-order valence-electron chi connectivity index (χ2n) is 32.5. The number of benzene rings is 3. The molecule has 38 nitrogen and oxygen atoms in total. The molecule has 0 radical (unpaired) electrons. The maximum Gasteiger partial charge on any atom is 0.356 e. The molecule has 137 heavy (non-hydrogen) atoms. The van der Waals surface area contributed by atoms with E-state index < -0.39 is 29.8 Å². The number of para-hydroxylation sites is 3. The van der Waals surface area contributed by atoms with Crippen LogP contribution in [0.4, 0.5) is 46.5 Å². The predicted octanol–water partition coefficient (Wildman–Crippen LogP) is 14.1. The van der Waals surface area contributed by atoms with Crippen molar-refractivity contribution in [3.8, 4) is 0 Å². The number of aromatic nitrogens is 18. The number of hydrogen-bond acceptors (Lipinski definition) is 36. The molecule has 712 valence electrons. The summed E-state index contributed by atoms with van der Waals surface area (Å²) in [5.41, 5.74) is 3.75. The number of amides is 1. The SMILES string of the molecule is C/C=C/c1nc(C(=O)OC)cc(N2CCCC2)n1.CN(C)c1nc(/C=C/c2nc(C(=O)NC3CC3)cc(N3CCCC3)n2)nc2ccccc12.CN(C)c1nc(/C=C/c2nc(C(=O)O)cc(N3CCCC3)n2)nc2ccccc12.COC(=O)c1cc(Cl)nc(Cl)n1.COC(=O)c1cc(N2CCCC2)nc(/C=C/c2nc(N(C)C)c3ccccc3n2)n1.COC(=O)c1cc(N2CCCC2)nc(Cl)n1. The molecule has 0 unspecified atom stereocenters. The number of carboxylic acid groups (broad SMARTS) is 1. The summed E-state index contributed by atoms with van der Waals surface area (Å²) in [6.07, 6.45) is 27.4. The summed E-state index contributed by atoms with van der Waals surface area (Å²) in [6, 6.07) is 33.5. The van der Waals surface area contributed by atoms with Crippen molar-refractivity contribution in [3.05, 3.63) is 206 Å². The van der Waals surface area contributed by atoms with Gasteiger partial charge in [-0.05, 0) is 186 Å². The molecule has 1 aliphatic carbocycles. The van der Waals surface area contributed by atoms with Gasteiger partial charge in [-0.3, -0.25) is 4.79 Å². The van der Waals surface area contributed by atoms with Crippen molar-refractivity contribution in [1.29, 1.82) is 0 Å². The Kier molecular flexibility index (Phi) is 34.9. The number of carbonyl (C=O) groups is 6. The van der Waals surface area contributed by atoms with Crippen molar-refractivity contribution in [2.45, 2.75) is 90.0 Å². The van der Waals surface area contributed by atoms with Crippen molar-refractivity contribution in [2.24, 2.45) is 0 Å². The summed E-state index contributed by atoms with van der Waals surface area (Å²) in [5.74, 6) is 6.37. The van der Waals surface area contributed by atoms with E-state index in [2.05, 4.69) is 119 Å². The lowest BCUT2D eigenvalue weighted by molar-refractivity contribution is 0.0585. The van der Waals surface area contributed by atoms with Crippen LogP contribution in [0.3, 0.4) is 0 Å². The summed E-state index contributed by atoms with van der Waals surface area (Å²) >= 11 is 16.7. The molecule has 0 spiro atoms. The van der Waals surface area contributed by atoms with E-state index in [1.165, 1.54) is 40.6 Å². The average Bonchev–Trinajstić information content (AvgIpc) is 1.63. The number of rotatable bonds is 22. The number of carbonyl (C=O) groups excluding carboxylic acids is 5. The second-order valence-corrected chi connectivity index (χ2v) is 33.6. The maximum absolute atomic E-state index is 12.7. The Hall–Kier alpha value is -14.8. The van der Waals surface area contributed by atoms with Gasteiger partial charge < -0.3 is 68.6 Å². The van der Waals surface area contributed by atoms with Crippen LogP contribution in [-0.4, -0.2) is 273 Å². The van der Waals surface area contributed by atoms with E-state index in [1.807, 2.05) is 149 Å².